The SMILES string of the molecule is Cc1cc(C2=NNC(=O)O[C@H]2C)ccc1Cl. The van der Waals surface area contributed by atoms with Crippen LogP contribution in [0.2, 0.25) is 5.02 Å². The smallest absolute Gasteiger partial charge is 0.428 e. The Bertz CT molecular complexity index is 471. The molecule has 0 unspecified atom stereocenters. The summed E-state index contributed by atoms with van der Waals surface area (Å²) in [6, 6.07) is 5.57. The van der Waals surface area contributed by atoms with Crippen molar-refractivity contribution in [3.8, 4) is 0 Å². The molecule has 0 saturated carbocycles. The van der Waals surface area contributed by atoms with Crippen molar-refractivity contribution in [1.29, 1.82) is 0 Å². The van der Waals surface area contributed by atoms with E-state index in [-0.39, 0.29) is 6.10 Å². The van der Waals surface area contributed by atoms with E-state index in [0.717, 1.165) is 11.1 Å². The number of hydrogen-bond donors (Lipinski definition) is 1. The van der Waals surface area contributed by atoms with Crippen molar-refractivity contribution in [3.63, 3.8) is 0 Å². The van der Waals surface area contributed by atoms with Gasteiger partial charge in [-0.05, 0) is 31.5 Å². The minimum absolute atomic E-state index is 0.352. The van der Waals surface area contributed by atoms with E-state index in [0.29, 0.717) is 10.7 Å². The molecule has 1 atom stereocenters. The van der Waals surface area contributed by atoms with Gasteiger partial charge in [0.05, 0.1) is 0 Å². The lowest BCUT2D eigenvalue weighted by atomic mass is 10.0. The van der Waals surface area contributed by atoms with Crippen LogP contribution in [0.15, 0.2) is 23.3 Å². The molecule has 1 amide bonds. The Hall–Kier alpha value is -1.55. The number of ether oxygens (including phenoxy) is 1. The Kier molecular flexibility index (Phi) is 2.83. The molecular weight excluding hydrogens is 228 g/mol. The van der Waals surface area contributed by atoms with Crippen LogP contribution in [0, 0.1) is 6.92 Å². The van der Waals surface area contributed by atoms with Crippen LogP contribution in [0.3, 0.4) is 0 Å². The van der Waals surface area contributed by atoms with Gasteiger partial charge in [-0.15, -0.1) is 0 Å². The molecule has 1 aromatic carbocycles. The Labute approximate surface area is 98.2 Å². The molecule has 1 heterocycles. The van der Waals surface area contributed by atoms with E-state index >= 15 is 0 Å². The van der Waals surface area contributed by atoms with Crippen molar-refractivity contribution in [2.24, 2.45) is 5.10 Å². The van der Waals surface area contributed by atoms with E-state index in [9.17, 15) is 4.79 Å². The largest absolute Gasteiger partial charge is 0.439 e. The van der Waals surface area contributed by atoms with Crippen molar-refractivity contribution in [1.82, 2.24) is 5.43 Å². The number of cyclic esters (lactones) is 1. The van der Waals surface area contributed by atoms with E-state index in [1.165, 1.54) is 0 Å². The molecule has 4 nitrogen and oxygen atoms in total. The lowest BCUT2D eigenvalue weighted by molar-refractivity contribution is 0.127. The highest BCUT2D eigenvalue weighted by Crippen LogP contribution is 2.19. The lowest BCUT2D eigenvalue weighted by Gasteiger charge is -2.20. The summed E-state index contributed by atoms with van der Waals surface area (Å²) >= 11 is 5.94. The molecule has 0 aliphatic carbocycles. The van der Waals surface area contributed by atoms with Gasteiger partial charge in [-0.3, -0.25) is 0 Å². The molecule has 5 heteroatoms. The van der Waals surface area contributed by atoms with Crippen molar-refractivity contribution in [2.75, 3.05) is 0 Å². The van der Waals surface area contributed by atoms with Gasteiger partial charge in [-0.1, -0.05) is 17.7 Å². The number of carbonyl (C=O) groups excluding carboxylic acids is 1. The normalized spacial score (nSPS) is 19.8. The van der Waals surface area contributed by atoms with Crippen LogP contribution in [-0.2, 0) is 4.74 Å². The van der Waals surface area contributed by atoms with Gasteiger partial charge < -0.3 is 4.74 Å². The minimum atomic E-state index is -0.526. The Balaban J connectivity index is 2.37. The minimum Gasteiger partial charge on any atom is -0.439 e. The van der Waals surface area contributed by atoms with Crippen LogP contribution >= 0.6 is 11.6 Å². The van der Waals surface area contributed by atoms with E-state index in [1.54, 1.807) is 13.0 Å². The van der Waals surface area contributed by atoms with Gasteiger partial charge in [0, 0.05) is 10.6 Å². The number of carbonyl (C=O) groups is 1. The molecule has 0 bridgehead atoms. The van der Waals surface area contributed by atoms with Crippen molar-refractivity contribution in [2.45, 2.75) is 20.0 Å². The summed E-state index contributed by atoms with van der Waals surface area (Å²) in [6.45, 7) is 3.70. The monoisotopic (exact) mass is 238 g/mol. The number of halogens is 1. The van der Waals surface area contributed by atoms with Crippen LogP contribution in [0.25, 0.3) is 0 Å². The molecule has 0 radical (unpaired) electrons. The fraction of sp³-hybridized carbons (Fsp3) is 0.273. The lowest BCUT2D eigenvalue weighted by Crippen LogP contribution is -2.37. The molecule has 0 aromatic heterocycles. The number of hydrazone groups is 1. The van der Waals surface area contributed by atoms with Crippen LogP contribution in [0.1, 0.15) is 18.1 Å². The highest BCUT2D eigenvalue weighted by atomic mass is 35.5. The number of aryl methyl sites for hydroxylation is 1. The third kappa shape index (κ3) is 2.02. The van der Waals surface area contributed by atoms with E-state index in [2.05, 4.69) is 10.5 Å². The third-order valence-corrected chi connectivity index (χ3v) is 2.81. The molecular formula is C11H11ClN2O2. The van der Waals surface area contributed by atoms with Crippen molar-refractivity contribution in [3.05, 3.63) is 34.3 Å². The van der Waals surface area contributed by atoms with E-state index < -0.39 is 6.09 Å². The number of amides is 1. The highest BCUT2D eigenvalue weighted by molar-refractivity contribution is 6.31. The van der Waals surface area contributed by atoms with Crippen LogP contribution in [-0.4, -0.2) is 17.9 Å². The Morgan fingerprint density at radius 3 is 2.88 bits per heavy atom. The first-order valence-electron chi connectivity index (χ1n) is 4.88. The van der Waals surface area contributed by atoms with Crippen LogP contribution < -0.4 is 5.43 Å². The molecule has 1 aliphatic rings. The van der Waals surface area contributed by atoms with Crippen LogP contribution in [0.4, 0.5) is 4.79 Å². The van der Waals surface area contributed by atoms with E-state index in [4.69, 9.17) is 16.3 Å². The third-order valence-electron chi connectivity index (χ3n) is 2.39. The second-order valence-electron chi connectivity index (χ2n) is 3.62. The zero-order chi connectivity index (χ0) is 11.7. The Morgan fingerprint density at radius 1 is 1.50 bits per heavy atom. The topological polar surface area (TPSA) is 50.7 Å². The second kappa shape index (κ2) is 4.14. The quantitative estimate of drug-likeness (QED) is 0.817. The van der Waals surface area contributed by atoms with Gasteiger partial charge in [-0.25, -0.2) is 10.2 Å². The van der Waals surface area contributed by atoms with Gasteiger partial charge in [0.15, 0.2) is 0 Å². The molecule has 0 spiro atoms. The molecule has 0 saturated heterocycles. The van der Waals surface area contributed by atoms with Crippen molar-refractivity contribution < 1.29 is 9.53 Å². The van der Waals surface area contributed by atoms with Gasteiger partial charge in [0.1, 0.15) is 11.8 Å². The zero-order valence-electron chi connectivity index (χ0n) is 8.95. The molecule has 16 heavy (non-hydrogen) atoms. The number of rotatable bonds is 1. The van der Waals surface area contributed by atoms with Gasteiger partial charge in [-0.2, -0.15) is 5.10 Å². The molecule has 0 fully saturated rings. The summed E-state index contributed by atoms with van der Waals surface area (Å²) in [5.74, 6) is 0. The van der Waals surface area contributed by atoms with Gasteiger partial charge in [0.25, 0.3) is 0 Å². The number of benzene rings is 1. The summed E-state index contributed by atoms with van der Waals surface area (Å²) in [4.78, 5) is 10.9. The summed E-state index contributed by atoms with van der Waals surface area (Å²) in [5, 5.41) is 4.69. The molecule has 2 rings (SSSR count). The predicted octanol–water partition coefficient (Wildman–Crippen LogP) is 2.48. The molecule has 84 valence electrons. The summed E-state index contributed by atoms with van der Waals surface area (Å²) in [6.07, 6.45) is -0.878. The summed E-state index contributed by atoms with van der Waals surface area (Å²) in [5.41, 5.74) is 4.84. The summed E-state index contributed by atoms with van der Waals surface area (Å²) < 4.78 is 5.01. The van der Waals surface area contributed by atoms with Crippen molar-refractivity contribution >= 4 is 23.4 Å². The number of nitrogens with zero attached hydrogens (tertiary/aromatic N) is 1. The highest BCUT2D eigenvalue weighted by Gasteiger charge is 2.22. The first kappa shape index (κ1) is 11.0. The van der Waals surface area contributed by atoms with Crippen LogP contribution in [0.5, 0.6) is 0 Å². The first-order chi connectivity index (χ1) is 7.58. The maximum atomic E-state index is 10.9. The Morgan fingerprint density at radius 2 is 2.25 bits per heavy atom. The number of nitrogens with one attached hydrogen (secondary N) is 1. The predicted molar refractivity (Wildman–Crippen MR) is 61.8 cm³/mol. The molecule has 1 N–H and O–H groups in total. The maximum absolute atomic E-state index is 10.9. The number of hydrogen-bond acceptors (Lipinski definition) is 3. The molecule has 1 aromatic rings. The maximum Gasteiger partial charge on any atom is 0.428 e. The average Bonchev–Trinajstić information content (AvgIpc) is 2.22. The van der Waals surface area contributed by atoms with Gasteiger partial charge in [0.2, 0.25) is 0 Å². The zero-order valence-corrected chi connectivity index (χ0v) is 9.71. The first-order valence-corrected chi connectivity index (χ1v) is 5.26. The fourth-order valence-electron chi connectivity index (χ4n) is 1.54. The second-order valence-corrected chi connectivity index (χ2v) is 4.03. The molecule has 1 aliphatic heterocycles. The average molecular weight is 239 g/mol. The van der Waals surface area contributed by atoms with E-state index in [1.807, 2.05) is 19.1 Å². The fourth-order valence-corrected chi connectivity index (χ4v) is 1.66. The van der Waals surface area contributed by atoms with Gasteiger partial charge >= 0.3 is 6.09 Å². The summed E-state index contributed by atoms with van der Waals surface area (Å²) in [7, 11) is 0. The standard InChI is InChI=1S/C11H11ClN2O2/c1-6-5-8(3-4-9(6)12)10-7(2)16-11(15)14-13-10/h3-5,7H,1-2H3,(H,14,15)/t7-/m0/s1.